The van der Waals surface area contributed by atoms with Crippen molar-refractivity contribution in [3.63, 3.8) is 0 Å². The topological polar surface area (TPSA) is 58.4 Å². The minimum absolute atomic E-state index is 0.207. The minimum Gasteiger partial charge on any atom is -0.491 e. The average molecular weight is 369 g/mol. The Labute approximate surface area is 159 Å². The van der Waals surface area contributed by atoms with Crippen LogP contribution in [0.25, 0.3) is 21.9 Å². The zero-order valence-corrected chi connectivity index (χ0v) is 16.1. The van der Waals surface area contributed by atoms with Crippen molar-refractivity contribution in [2.75, 3.05) is 19.8 Å². The van der Waals surface area contributed by atoms with Gasteiger partial charge in [-0.15, -0.1) is 0 Å². The molecule has 3 heterocycles. The fourth-order valence-electron chi connectivity index (χ4n) is 3.66. The molecule has 1 aliphatic rings. The fourth-order valence-corrected chi connectivity index (χ4v) is 3.66. The molecule has 0 amide bonds. The second kappa shape index (κ2) is 8.23. The summed E-state index contributed by atoms with van der Waals surface area (Å²) in [6.07, 6.45) is 5.28. The molecule has 27 heavy (non-hydrogen) atoms. The van der Waals surface area contributed by atoms with E-state index in [4.69, 9.17) is 19.2 Å². The summed E-state index contributed by atoms with van der Waals surface area (Å²) < 4.78 is 19.6. The number of hydrogen-bond acceptors (Lipinski definition) is 5. The van der Waals surface area contributed by atoms with Crippen LogP contribution in [0.15, 0.2) is 24.4 Å². The molecular formula is C21H27N3O3. The first kappa shape index (κ1) is 18.2. The largest absolute Gasteiger partial charge is 0.491 e. The van der Waals surface area contributed by atoms with E-state index in [-0.39, 0.29) is 6.10 Å². The summed E-state index contributed by atoms with van der Waals surface area (Å²) >= 11 is 0. The standard InChI is InChI=1S/C21H27N3O3/c1-3-9-24-20(14-25-4-2)23-19-12-22-18-8-7-15(11-17(18)21(19)24)27-13-16-6-5-10-26-16/h7-8,11-12,16H,3-6,9-10,13-14H2,1-2H3. The van der Waals surface area contributed by atoms with Gasteiger partial charge in [-0.2, -0.15) is 0 Å². The zero-order chi connectivity index (χ0) is 18.6. The molecule has 0 saturated carbocycles. The Morgan fingerprint density at radius 3 is 2.96 bits per heavy atom. The summed E-state index contributed by atoms with van der Waals surface area (Å²) in [6.45, 7) is 7.71. The number of aryl methyl sites for hydroxylation is 1. The van der Waals surface area contributed by atoms with Gasteiger partial charge in [-0.3, -0.25) is 4.98 Å². The molecule has 6 nitrogen and oxygen atoms in total. The van der Waals surface area contributed by atoms with Crippen LogP contribution in [0.5, 0.6) is 5.75 Å². The normalized spacial score (nSPS) is 17.2. The summed E-state index contributed by atoms with van der Waals surface area (Å²) in [5.74, 6) is 1.80. The van der Waals surface area contributed by atoms with Gasteiger partial charge < -0.3 is 18.8 Å². The molecule has 2 aromatic heterocycles. The summed E-state index contributed by atoms with van der Waals surface area (Å²) in [5.41, 5.74) is 2.97. The number of ether oxygens (including phenoxy) is 3. The van der Waals surface area contributed by atoms with Crippen molar-refractivity contribution in [1.29, 1.82) is 0 Å². The Kier molecular flexibility index (Phi) is 5.55. The lowest BCUT2D eigenvalue weighted by molar-refractivity contribution is 0.0680. The molecule has 4 rings (SSSR count). The van der Waals surface area contributed by atoms with Crippen LogP contribution >= 0.6 is 0 Å². The molecule has 0 spiro atoms. The molecule has 1 fully saturated rings. The van der Waals surface area contributed by atoms with E-state index in [2.05, 4.69) is 22.5 Å². The summed E-state index contributed by atoms with van der Waals surface area (Å²) in [7, 11) is 0. The average Bonchev–Trinajstić information content (AvgIpc) is 3.33. The van der Waals surface area contributed by atoms with Gasteiger partial charge in [-0.05, 0) is 44.4 Å². The van der Waals surface area contributed by atoms with E-state index in [1.807, 2.05) is 25.3 Å². The minimum atomic E-state index is 0.207. The molecule has 1 aliphatic heterocycles. The van der Waals surface area contributed by atoms with Crippen LogP contribution in [0.4, 0.5) is 0 Å². The summed E-state index contributed by atoms with van der Waals surface area (Å²) in [5, 5.41) is 1.07. The molecule has 144 valence electrons. The molecular weight excluding hydrogens is 342 g/mol. The highest BCUT2D eigenvalue weighted by atomic mass is 16.5. The number of aromatic nitrogens is 3. The number of pyridine rings is 1. The number of benzene rings is 1. The SMILES string of the molecule is CCCn1c(COCC)nc2cnc3ccc(OCC4CCCO4)cc3c21. The monoisotopic (exact) mass is 369 g/mol. The van der Waals surface area contributed by atoms with Gasteiger partial charge >= 0.3 is 0 Å². The molecule has 1 aromatic carbocycles. The van der Waals surface area contributed by atoms with Crippen molar-refractivity contribution in [2.24, 2.45) is 0 Å². The van der Waals surface area contributed by atoms with Crippen LogP contribution in [-0.2, 0) is 22.6 Å². The zero-order valence-electron chi connectivity index (χ0n) is 16.1. The van der Waals surface area contributed by atoms with E-state index in [9.17, 15) is 0 Å². The maximum atomic E-state index is 6.01. The Morgan fingerprint density at radius 1 is 1.26 bits per heavy atom. The van der Waals surface area contributed by atoms with E-state index < -0.39 is 0 Å². The number of rotatable bonds is 8. The highest BCUT2D eigenvalue weighted by Gasteiger charge is 2.17. The van der Waals surface area contributed by atoms with E-state index >= 15 is 0 Å². The smallest absolute Gasteiger partial charge is 0.136 e. The Morgan fingerprint density at radius 2 is 2.19 bits per heavy atom. The van der Waals surface area contributed by atoms with Crippen molar-refractivity contribution in [3.05, 3.63) is 30.2 Å². The fraction of sp³-hybridized carbons (Fsp3) is 0.524. The summed E-state index contributed by atoms with van der Waals surface area (Å²) in [6, 6.07) is 6.08. The van der Waals surface area contributed by atoms with E-state index in [0.29, 0.717) is 19.8 Å². The van der Waals surface area contributed by atoms with Crippen LogP contribution in [0, 0.1) is 0 Å². The second-order valence-corrected chi connectivity index (χ2v) is 6.93. The lowest BCUT2D eigenvalue weighted by Gasteiger charge is -2.13. The first-order chi connectivity index (χ1) is 13.3. The maximum Gasteiger partial charge on any atom is 0.136 e. The molecule has 0 radical (unpaired) electrons. The van der Waals surface area contributed by atoms with Gasteiger partial charge in [0.05, 0.1) is 23.3 Å². The Bertz CT molecular complexity index is 916. The van der Waals surface area contributed by atoms with Crippen molar-refractivity contribution >= 4 is 21.9 Å². The van der Waals surface area contributed by atoms with Gasteiger partial charge in [0.2, 0.25) is 0 Å². The predicted octanol–water partition coefficient (Wildman–Crippen LogP) is 4.09. The number of imidazole rings is 1. The number of fused-ring (bicyclic) bond motifs is 3. The van der Waals surface area contributed by atoms with Gasteiger partial charge in [0.1, 0.15) is 30.3 Å². The molecule has 3 aromatic rings. The second-order valence-electron chi connectivity index (χ2n) is 6.93. The van der Waals surface area contributed by atoms with Crippen LogP contribution in [0.3, 0.4) is 0 Å². The highest BCUT2D eigenvalue weighted by molar-refractivity contribution is 6.02. The van der Waals surface area contributed by atoms with Gasteiger partial charge in [-0.25, -0.2) is 4.98 Å². The molecule has 0 bridgehead atoms. The summed E-state index contributed by atoms with van der Waals surface area (Å²) in [4.78, 5) is 9.36. The van der Waals surface area contributed by atoms with Gasteiger partial charge in [0, 0.05) is 25.1 Å². The van der Waals surface area contributed by atoms with Crippen LogP contribution in [-0.4, -0.2) is 40.5 Å². The van der Waals surface area contributed by atoms with Crippen LogP contribution in [0.2, 0.25) is 0 Å². The predicted molar refractivity (Wildman–Crippen MR) is 105 cm³/mol. The van der Waals surface area contributed by atoms with Crippen molar-refractivity contribution in [1.82, 2.24) is 14.5 Å². The van der Waals surface area contributed by atoms with Gasteiger partial charge in [-0.1, -0.05) is 6.92 Å². The number of hydrogen-bond donors (Lipinski definition) is 0. The highest BCUT2D eigenvalue weighted by Crippen LogP contribution is 2.29. The quantitative estimate of drug-likeness (QED) is 0.599. The number of nitrogens with zero attached hydrogens (tertiary/aromatic N) is 3. The van der Waals surface area contributed by atoms with Crippen LogP contribution in [0.1, 0.15) is 38.9 Å². The van der Waals surface area contributed by atoms with Gasteiger partial charge in [0.25, 0.3) is 0 Å². The van der Waals surface area contributed by atoms with Crippen molar-refractivity contribution < 1.29 is 14.2 Å². The lowest BCUT2D eigenvalue weighted by Crippen LogP contribution is -2.16. The molecule has 1 saturated heterocycles. The third-order valence-electron chi connectivity index (χ3n) is 4.97. The maximum absolute atomic E-state index is 6.01. The molecule has 0 N–H and O–H groups in total. The first-order valence-electron chi connectivity index (χ1n) is 9.90. The molecule has 0 aliphatic carbocycles. The molecule has 1 unspecified atom stereocenters. The van der Waals surface area contributed by atoms with Gasteiger partial charge in [0.15, 0.2) is 0 Å². The first-order valence-corrected chi connectivity index (χ1v) is 9.90. The van der Waals surface area contributed by atoms with Crippen molar-refractivity contribution in [3.8, 4) is 5.75 Å². The van der Waals surface area contributed by atoms with E-state index in [1.165, 1.54) is 0 Å². The lowest BCUT2D eigenvalue weighted by atomic mass is 10.2. The van der Waals surface area contributed by atoms with Crippen LogP contribution < -0.4 is 4.74 Å². The van der Waals surface area contributed by atoms with E-state index in [1.54, 1.807) is 0 Å². The Balaban J connectivity index is 1.72. The van der Waals surface area contributed by atoms with Crippen molar-refractivity contribution in [2.45, 2.75) is 52.4 Å². The Hall–Kier alpha value is -2.18. The molecule has 6 heteroatoms. The van der Waals surface area contributed by atoms with E-state index in [0.717, 1.165) is 65.9 Å². The third-order valence-corrected chi connectivity index (χ3v) is 4.97. The molecule has 1 atom stereocenters. The third kappa shape index (κ3) is 3.77.